The first kappa shape index (κ1) is 11.2. The predicted molar refractivity (Wildman–Crippen MR) is 70.5 cm³/mol. The van der Waals surface area contributed by atoms with Crippen LogP contribution in [0.1, 0.15) is 22.8 Å². The Labute approximate surface area is 113 Å². The summed E-state index contributed by atoms with van der Waals surface area (Å²) in [5, 5.41) is 12.7. The van der Waals surface area contributed by atoms with Crippen LogP contribution < -0.4 is 0 Å². The summed E-state index contributed by atoms with van der Waals surface area (Å²) >= 11 is 0. The van der Waals surface area contributed by atoms with Crippen LogP contribution in [0.2, 0.25) is 0 Å². The van der Waals surface area contributed by atoms with Gasteiger partial charge in [0, 0.05) is 24.6 Å². The summed E-state index contributed by atoms with van der Waals surface area (Å²) in [6, 6.07) is 7.24. The minimum Gasteiger partial charge on any atom is -0.475 e. The van der Waals surface area contributed by atoms with Crippen molar-refractivity contribution < 1.29 is 14.4 Å². The number of hydrogen-bond donors (Lipinski definition) is 1. The first-order valence-corrected chi connectivity index (χ1v) is 6.42. The van der Waals surface area contributed by atoms with Gasteiger partial charge in [0.1, 0.15) is 11.5 Å². The highest BCUT2D eigenvalue weighted by molar-refractivity contribution is 5.87. The molecule has 4 rings (SSSR count). The Kier molecular flexibility index (Phi) is 2.20. The zero-order chi connectivity index (χ0) is 13.7. The number of rotatable bonds is 2. The van der Waals surface area contributed by atoms with Gasteiger partial charge in [0.05, 0.1) is 11.0 Å². The van der Waals surface area contributed by atoms with E-state index in [0.717, 1.165) is 41.8 Å². The van der Waals surface area contributed by atoms with Crippen LogP contribution in [0.5, 0.6) is 0 Å². The molecule has 0 amide bonds. The highest BCUT2D eigenvalue weighted by Gasteiger charge is 2.18. The van der Waals surface area contributed by atoms with Gasteiger partial charge in [-0.15, -0.1) is 0 Å². The normalized spacial score (nSPS) is 13.8. The Morgan fingerprint density at radius 3 is 3.05 bits per heavy atom. The van der Waals surface area contributed by atoms with Crippen molar-refractivity contribution in [3.05, 3.63) is 35.9 Å². The van der Waals surface area contributed by atoms with E-state index in [1.807, 2.05) is 18.2 Å². The van der Waals surface area contributed by atoms with Crippen LogP contribution in [0.3, 0.4) is 0 Å². The van der Waals surface area contributed by atoms with Crippen LogP contribution in [-0.2, 0) is 13.0 Å². The van der Waals surface area contributed by atoms with Crippen molar-refractivity contribution in [2.45, 2.75) is 19.4 Å². The average Bonchev–Trinajstić information content (AvgIpc) is 3.13. The number of benzene rings is 1. The predicted octanol–water partition coefficient (Wildman–Crippen LogP) is 2.34. The Balaban J connectivity index is 1.85. The Morgan fingerprint density at radius 1 is 1.35 bits per heavy atom. The van der Waals surface area contributed by atoms with Gasteiger partial charge < -0.3 is 14.2 Å². The van der Waals surface area contributed by atoms with Gasteiger partial charge in [-0.2, -0.15) is 0 Å². The quantitative estimate of drug-likeness (QED) is 0.772. The third-order valence-corrected chi connectivity index (χ3v) is 3.63. The maximum atomic E-state index is 10.8. The molecule has 0 fully saturated rings. The van der Waals surface area contributed by atoms with Crippen LogP contribution in [-0.4, -0.2) is 25.8 Å². The number of fused-ring (bicyclic) bond motifs is 3. The maximum absolute atomic E-state index is 10.8. The summed E-state index contributed by atoms with van der Waals surface area (Å²) in [7, 11) is 0. The molecule has 0 radical (unpaired) electrons. The summed E-state index contributed by atoms with van der Waals surface area (Å²) in [6.07, 6.45) is 2.13. The summed E-state index contributed by atoms with van der Waals surface area (Å²) in [6.45, 7) is 0.981. The van der Waals surface area contributed by atoms with E-state index < -0.39 is 5.97 Å². The fourth-order valence-electron chi connectivity index (χ4n) is 2.68. The average molecular weight is 269 g/mol. The third-order valence-electron chi connectivity index (χ3n) is 3.63. The molecule has 0 saturated heterocycles. The van der Waals surface area contributed by atoms with Gasteiger partial charge in [0.15, 0.2) is 0 Å². The molecule has 0 bridgehead atoms. The molecule has 20 heavy (non-hydrogen) atoms. The second kappa shape index (κ2) is 3.93. The first-order valence-electron chi connectivity index (χ1n) is 6.42. The van der Waals surface area contributed by atoms with Gasteiger partial charge in [-0.25, -0.2) is 9.78 Å². The van der Waals surface area contributed by atoms with Gasteiger partial charge >= 0.3 is 5.97 Å². The molecule has 1 aromatic carbocycles. The van der Waals surface area contributed by atoms with Crippen molar-refractivity contribution in [1.82, 2.24) is 14.7 Å². The number of nitrogens with zero attached hydrogens (tertiary/aromatic N) is 3. The van der Waals surface area contributed by atoms with Gasteiger partial charge in [0.25, 0.3) is 0 Å². The standard InChI is InChI=1S/C14H11N3O3/c18-14(19)12-7-10(16-20-12)8-3-4-9-11(6-8)17-5-1-2-13(17)15-9/h3-4,6-7H,1-2,5H2,(H,18,19). The molecule has 0 saturated carbocycles. The van der Waals surface area contributed by atoms with Crippen molar-refractivity contribution in [3.8, 4) is 11.3 Å². The van der Waals surface area contributed by atoms with Crippen molar-refractivity contribution in [3.63, 3.8) is 0 Å². The van der Waals surface area contributed by atoms with E-state index in [-0.39, 0.29) is 5.76 Å². The Hall–Kier alpha value is -2.63. The number of carboxylic acids is 1. The molecular formula is C14H11N3O3. The molecule has 100 valence electrons. The van der Waals surface area contributed by atoms with Crippen LogP contribution in [0, 0.1) is 0 Å². The highest BCUT2D eigenvalue weighted by Crippen LogP contribution is 2.27. The lowest BCUT2D eigenvalue weighted by molar-refractivity contribution is 0.0652. The topological polar surface area (TPSA) is 81.1 Å². The second-order valence-electron chi connectivity index (χ2n) is 4.87. The van der Waals surface area contributed by atoms with E-state index in [9.17, 15) is 4.79 Å². The molecule has 6 nitrogen and oxygen atoms in total. The molecular weight excluding hydrogens is 258 g/mol. The molecule has 0 aliphatic carbocycles. The van der Waals surface area contributed by atoms with Crippen molar-refractivity contribution >= 4 is 17.0 Å². The zero-order valence-corrected chi connectivity index (χ0v) is 10.5. The lowest BCUT2D eigenvalue weighted by Crippen LogP contribution is -1.92. The monoisotopic (exact) mass is 269 g/mol. The SMILES string of the molecule is O=C(O)c1cc(-c2ccc3nc4n(c3c2)CCC4)no1. The van der Waals surface area contributed by atoms with Crippen LogP contribution in [0.25, 0.3) is 22.3 Å². The number of carbonyl (C=O) groups is 1. The molecule has 6 heteroatoms. The zero-order valence-electron chi connectivity index (χ0n) is 10.5. The fraction of sp³-hybridized carbons (Fsp3) is 0.214. The van der Waals surface area contributed by atoms with E-state index in [4.69, 9.17) is 9.63 Å². The van der Waals surface area contributed by atoms with Crippen LogP contribution in [0.4, 0.5) is 0 Å². The molecule has 1 aliphatic rings. The molecule has 1 aliphatic heterocycles. The Morgan fingerprint density at radius 2 is 2.25 bits per heavy atom. The molecule has 0 atom stereocenters. The van der Waals surface area contributed by atoms with Crippen molar-refractivity contribution in [2.24, 2.45) is 0 Å². The number of aryl methyl sites for hydroxylation is 2. The van der Waals surface area contributed by atoms with Crippen LogP contribution in [0.15, 0.2) is 28.8 Å². The minimum atomic E-state index is -1.12. The first-order chi connectivity index (χ1) is 9.72. The number of carboxylic acid groups (broad SMARTS) is 1. The molecule has 0 unspecified atom stereocenters. The highest BCUT2D eigenvalue weighted by atomic mass is 16.5. The summed E-state index contributed by atoms with van der Waals surface area (Å²) in [4.78, 5) is 15.4. The van der Waals surface area contributed by atoms with Crippen LogP contribution >= 0.6 is 0 Å². The molecule has 1 N–H and O–H groups in total. The lowest BCUT2D eigenvalue weighted by Gasteiger charge is -2.00. The van der Waals surface area contributed by atoms with E-state index in [2.05, 4.69) is 14.7 Å². The number of aromatic nitrogens is 3. The number of imidazole rings is 1. The Bertz CT molecular complexity index is 831. The second-order valence-corrected chi connectivity index (χ2v) is 4.87. The number of hydrogen-bond acceptors (Lipinski definition) is 4. The molecule has 3 aromatic rings. The van der Waals surface area contributed by atoms with Crippen molar-refractivity contribution in [2.75, 3.05) is 0 Å². The maximum Gasteiger partial charge on any atom is 0.374 e. The third kappa shape index (κ3) is 1.54. The van der Waals surface area contributed by atoms with E-state index in [1.165, 1.54) is 6.07 Å². The molecule has 0 spiro atoms. The van der Waals surface area contributed by atoms with Crippen molar-refractivity contribution in [1.29, 1.82) is 0 Å². The fourth-order valence-corrected chi connectivity index (χ4v) is 2.68. The van der Waals surface area contributed by atoms with E-state index in [0.29, 0.717) is 5.69 Å². The number of aromatic carboxylic acids is 1. The lowest BCUT2D eigenvalue weighted by atomic mass is 10.1. The molecule has 3 heterocycles. The van der Waals surface area contributed by atoms with Gasteiger partial charge in [-0.3, -0.25) is 0 Å². The van der Waals surface area contributed by atoms with Gasteiger partial charge in [-0.1, -0.05) is 11.2 Å². The summed E-state index contributed by atoms with van der Waals surface area (Å²) in [5.41, 5.74) is 3.39. The minimum absolute atomic E-state index is 0.154. The smallest absolute Gasteiger partial charge is 0.374 e. The van der Waals surface area contributed by atoms with Gasteiger partial charge in [-0.05, 0) is 18.6 Å². The van der Waals surface area contributed by atoms with Gasteiger partial charge in [0.2, 0.25) is 5.76 Å². The van der Waals surface area contributed by atoms with E-state index >= 15 is 0 Å². The van der Waals surface area contributed by atoms with E-state index in [1.54, 1.807) is 0 Å². The largest absolute Gasteiger partial charge is 0.475 e. The molecule has 2 aromatic heterocycles. The summed E-state index contributed by atoms with van der Waals surface area (Å²) in [5.74, 6) is -0.155. The summed E-state index contributed by atoms with van der Waals surface area (Å²) < 4.78 is 7.00.